The van der Waals surface area contributed by atoms with Crippen LogP contribution in [-0.4, -0.2) is 27.8 Å². The predicted molar refractivity (Wildman–Crippen MR) is 112 cm³/mol. The lowest BCUT2D eigenvalue weighted by molar-refractivity contribution is -0.116. The van der Waals surface area contributed by atoms with Crippen molar-refractivity contribution in [1.82, 2.24) is 14.8 Å². The number of nitrogens with zero attached hydrogens (tertiary/aromatic N) is 3. The lowest BCUT2D eigenvalue weighted by Crippen LogP contribution is -2.22. The van der Waals surface area contributed by atoms with Gasteiger partial charge < -0.3 is 14.6 Å². The van der Waals surface area contributed by atoms with E-state index in [0.29, 0.717) is 22.2 Å². The van der Waals surface area contributed by atoms with Crippen molar-refractivity contribution in [3.05, 3.63) is 62.5 Å². The number of hydrogen-bond acceptors (Lipinski definition) is 7. The number of aryl methyl sites for hydroxylation is 1. The number of amides is 1. The molecule has 3 aromatic rings. The van der Waals surface area contributed by atoms with Crippen LogP contribution in [0.5, 0.6) is 5.75 Å². The largest absolute Gasteiger partial charge is 0.491 e. The van der Waals surface area contributed by atoms with Crippen LogP contribution in [0.3, 0.4) is 0 Å². The Morgan fingerprint density at radius 2 is 2.18 bits per heavy atom. The maximum atomic E-state index is 12.5. The van der Waals surface area contributed by atoms with Gasteiger partial charge in [0.1, 0.15) is 11.6 Å². The summed E-state index contributed by atoms with van der Waals surface area (Å²) in [7, 11) is 1.42. The first-order valence-corrected chi connectivity index (χ1v) is 10.4. The van der Waals surface area contributed by atoms with E-state index in [1.54, 1.807) is 35.0 Å². The number of methoxy groups -OCH3 is 1. The van der Waals surface area contributed by atoms with E-state index >= 15 is 0 Å². The molecule has 10 heteroatoms. The van der Waals surface area contributed by atoms with Crippen molar-refractivity contribution < 1.29 is 9.53 Å². The van der Waals surface area contributed by atoms with Gasteiger partial charge >= 0.3 is 0 Å². The Morgan fingerprint density at radius 3 is 2.86 bits per heavy atom. The molecule has 2 heterocycles. The third kappa shape index (κ3) is 5.34. The molecule has 0 saturated heterocycles. The summed E-state index contributed by atoms with van der Waals surface area (Å²) in [5.74, 6) is 0.403. The van der Waals surface area contributed by atoms with E-state index in [2.05, 4.69) is 15.5 Å². The van der Waals surface area contributed by atoms with E-state index in [1.165, 1.54) is 36.3 Å². The number of anilines is 1. The van der Waals surface area contributed by atoms with E-state index in [0.717, 1.165) is 9.35 Å². The molecule has 0 aliphatic carbocycles. The Balaban J connectivity index is 1.79. The van der Waals surface area contributed by atoms with Crippen LogP contribution in [0.25, 0.3) is 0 Å². The van der Waals surface area contributed by atoms with Gasteiger partial charge in [0.15, 0.2) is 10.1 Å². The summed E-state index contributed by atoms with van der Waals surface area (Å²) in [5.41, 5.74) is 1.05. The van der Waals surface area contributed by atoms with Gasteiger partial charge in [0.05, 0.1) is 13.3 Å². The maximum Gasteiger partial charge on any atom is 0.244 e. The molecule has 1 aromatic carbocycles. The topological polar surface area (TPSA) is 86.1 Å². The van der Waals surface area contributed by atoms with Gasteiger partial charge in [0, 0.05) is 28.2 Å². The summed E-state index contributed by atoms with van der Waals surface area (Å²) >= 11 is 8.89. The third-order valence-corrected chi connectivity index (χ3v) is 5.92. The van der Waals surface area contributed by atoms with Crippen molar-refractivity contribution in [2.45, 2.75) is 23.6 Å². The molecular formula is C18H17ClN4O3S2. The second-order valence-corrected chi connectivity index (χ2v) is 8.60. The molecule has 0 fully saturated rings. The molecule has 0 aliphatic rings. The minimum absolute atomic E-state index is 0.0220. The number of carbonyl (C=O) groups excluding carboxylic acids is 1. The van der Waals surface area contributed by atoms with Crippen LogP contribution in [0.2, 0.25) is 5.02 Å². The van der Waals surface area contributed by atoms with Crippen LogP contribution in [-0.2, 0) is 17.1 Å². The molecule has 0 radical (unpaired) electrons. The van der Waals surface area contributed by atoms with Gasteiger partial charge in [0.25, 0.3) is 0 Å². The molecule has 28 heavy (non-hydrogen) atoms. The number of thioether (sulfide) groups is 1. The average Bonchev–Trinajstić information content (AvgIpc) is 3.07. The van der Waals surface area contributed by atoms with Gasteiger partial charge in [-0.25, -0.2) is 0 Å². The monoisotopic (exact) mass is 436 g/mol. The normalized spacial score (nSPS) is 10.7. The van der Waals surface area contributed by atoms with E-state index in [1.807, 2.05) is 6.92 Å². The van der Waals surface area contributed by atoms with Gasteiger partial charge in [-0.2, -0.15) is 0 Å². The smallest absolute Gasteiger partial charge is 0.244 e. The first-order valence-electron chi connectivity index (χ1n) is 8.20. The lowest BCUT2D eigenvalue weighted by Gasteiger charge is -2.14. The number of aromatic nitrogens is 3. The SMILES string of the molecule is COc1cn(CC(=O)Nc2cccc(Cl)c2)c(CSc2nnc(C)s2)cc1=O. The van der Waals surface area contributed by atoms with Gasteiger partial charge in [-0.3, -0.25) is 9.59 Å². The molecule has 1 N–H and O–H groups in total. The molecule has 0 spiro atoms. The quantitative estimate of drug-likeness (QED) is 0.569. The van der Waals surface area contributed by atoms with E-state index in [4.69, 9.17) is 16.3 Å². The molecule has 2 aromatic heterocycles. The Kier molecular flexibility index (Phi) is 6.71. The van der Waals surface area contributed by atoms with Crippen molar-refractivity contribution in [3.8, 4) is 5.75 Å². The van der Waals surface area contributed by atoms with Crippen LogP contribution < -0.4 is 15.5 Å². The molecule has 0 unspecified atom stereocenters. The van der Waals surface area contributed by atoms with Crippen molar-refractivity contribution in [2.24, 2.45) is 0 Å². The number of carbonyl (C=O) groups is 1. The lowest BCUT2D eigenvalue weighted by atomic mass is 10.3. The molecule has 0 aliphatic heterocycles. The summed E-state index contributed by atoms with van der Waals surface area (Å²) in [5, 5.41) is 12.3. The highest BCUT2D eigenvalue weighted by Gasteiger charge is 2.12. The second kappa shape index (κ2) is 9.22. The van der Waals surface area contributed by atoms with Crippen LogP contribution in [0.1, 0.15) is 10.7 Å². The van der Waals surface area contributed by atoms with Gasteiger partial charge in [-0.15, -0.1) is 10.2 Å². The van der Waals surface area contributed by atoms with Crippen molar-refractivity contribution >= 4 is 46.3 Å². The third-order valence-electron chi connectivity index (χ3n) is 3.68. The predicted octanol–water partition coefficient (Wildman–Crippen LogP) is 3.60. The molecule has 1 amide bonds. The fourth-order valence-electron chi connectivity index (χ4n) is 2.41. The fourth-order valence-corrected chi connectivity index (χ4v) is 4.41. The molecular weight excluding hydrogens is 420 g/mol. The van der Waals surface area contributed by atoms with Gasteiger partial charge in [-0.05, 0) is 25.1 Å². The zero-order valence-electron chi connectivity index (χ0n) is 15.1. The minimum Gasteiger partial charge on any atom is -0.491 e. The summed E-state index contributed by atoms with van der Waals surface area (Å²) in [6, 6.07) is 8.39. The zero-order chi connectivity index (χ0) is 20.1. The summed E-state index contributed by atoms with van der Waals surface area (Å²) < 4.78 is 7.61. The highest BCUT2D eigenvalue weighted by atomic mass is 35.5. The maximum absolute atomic E-state index is 12.5. The second-order valence-electron chi connectivity index (χ2n) is 5.76. The summed E-state index contributed by atoms with van der Waals surface area (Å²) in [6.45, 7) is 1.90. The van der Waals surface area contributed by atoms with Gasteiger partial charge in [0.2, 0.25) is 11.3 Å². The summed E-state index contributed by atoms with van der Waals surface area (Å²) in [6.07, 6.45) is 1.54. The zero-order valence-corrected chi connectivity index (χ0v) is 17.5. The molecule has 3 rings (SSSR count). The Labute approximate surface area is 174 Å². The van der Waals surface area contributed by atoms with Crippen LogP contribution >= 0.6 is 34.7 Å². The summed E-state index contributed by atoms with van der Waals surface area (Å²) in [4.78, 5) is 24.7. The molecule has 146 valence electrons. The Morgan fingerprint density at radius 1 is 1.36 bits per heavy atom. The fraction of sp³-hybridized carbons (Fsp3) is 0.222. The van der Waals surface area contributed by atoms with Gasteiger partial charge in [-0.1, -0.05) is 40.8 Å². The number of ether oxygens (including phenoxy) is 1. The van der Waals surface area contributed by atoms with Crippen LogP contribution in [0.15, 0.2) is 45.7 Å². The molecule has 7 nitrogen and oxygen atoms in total. The van der Waals surface area contributed by atoms with E-state index in [-0.39, 0.29) is 23.6 Å². The number of nitrogens with one attached hydrogen (secondary N) is 1. The molecule has 0 atom stereocenters. The number of hydrogen-bond donors (Lipinski definition) is 1. The number of rotatable bonds is 7. The molecule has 0 saturated carbocycles. The number of pyridine rings is 1. The van der Waals surface area contributed by atoms with Crippen molar-refractivity contribution in [1.29, 1.82) is 0 Å². The van der Waals surface area contributed by atoms with E-state index < -0.39 is 0 Å². The van der Waals surface area contributed by atoms with Crippen LogP contribution in [0, 0.1) is 6.92 Å². The van der Waals surface area contributed by atoms with Crippen molar-refractivity contribution in [3.63, 3.8) is 0 Å². The highest BCUT2D eigenvalue weighted by molar-refractivity contribution is 8.00. The Hall–Kier alpha value is -2.36. The minimum atomic E-state index is -0.244. The highest BCUT2D eigenvalue weighted by Crippen LogP contribution is 2.25. The Bertz CT molecular complexity index is 1050. The number of halogens is 1. The van der Waals surface area contributed by atoms with Crippen LogP contribution in [0.4, 0.5) is 5.69 Å². The first-order chi connectivity index (χ1) is 13.4. The van der Waals surface area contributed by atoms with Crippen molar-refractivity contribution in [2.75, 3.05) is 12.4 Å². The standard InChI is InChI=1S/C18H17ClN4O3S2/c1-11-21-22-18(28-11)27-10-14-7-15(24)16(26-2)8-23(14)9-17(25)20-13-5-3-4-12(19)6-13/h3-8H,9-10H2,1-2H3,(H,20,25). The first kappa shape index (κ1) is 20.4. The van der Waals surface area contributed by atoms with E-state index in [9.17, 15) is 9.59 Å². The average molecular weight is 437 g/mol. The number of benzene rings is 1. The molecule has 0 bridgehead atoms.